The monoisotopic (exact) mass is 481 g/mol. The molecule has 168 valence electrons. The van der Waals surface area contributed by atoms with Gasteiger partial charge in [-0.15, -0.1) is 10.2 Å². The second-order valence-corrected chi connectivity index (χ2v) is 8.47. The molecule has 8 nitrogen and oxygen atoms in total. The van der Waals surface area contributed by atoms with Crippen LogP contribution in [0.5, 0.6) is 0 Å². The number of nitrogens with one attached hydrogen (secondary N) is 2. The van der Waals surface area contributed by atoms with Crippen molar-refractivity contribution in [3.63, 3.8) is 0 Å². The molecule has 0 unspecified atom stereocenters. The zero-order valence-electron chi connectivity index (χ0n) is 17.6. The molecule has 0 aliphatic carbocycles. The van der Waals surface area contributed by atoms with E-state index in [9.17, 15) is 9.59 Å². The maximum atomic E-state index is 12.3. The van der Waals surface area contributed by atoms with Crippen molar-refractivity contribution in [1.29, 1.82) is 0 Å². The summed E-state index contributed by atoms with van der Waals surface area (Å²) in [5.74, 6) is 0.750. The first kappa shape index (κ1) is 22.6. The average molecular weight is 482 g/mol. The smallest absolute Gasteiger partial charge is 0.321 e. The Hall–Kier alpha value is -3.56. The van der Waals surface area contributed by atoms with E-state index in [1.54, 1.807) is 24.3 Å². The molecule has 0 aliphatic rings. The zero-order chi connectivity index (χ0) is 23.2. The van der Waals surface area contributed by atoms with E-state index in [1.165, 1.54) is 18.0 Å². The minimum absolute atomic E-state index is 0.0201. The Morgan fingerprint density at radius 1 is 1.09 bits per heavy atom. The summed E-state index contributed by atoms with van der Waals surface area (Å²) < 4.78 is 7.01. The van der Waals surface area contributed by atoms with Gasteiger partial charge in [-0.25, -0.2) is 4.79 Å². The van der Waals surface area contributed by atoms with Crippen LogP contribution in [0, 0.1) is 6.92 Å². The molecule has 2 N–H and O–H groups in total. The lowest BCUT2D eigenvalue weighted by atomic mass is 10.1. The van der Waals surface area contributed by atoms with Gasteiger partial charge in [0.25, 0.3) is 0 Å². The third-order valence-corrected chi connectivity index (χ3v) is 5.76. The summed E-state index contributed by atoms with van der Waals surface area (Å²) in [5, 5.41) is 14.6. The molecule has 0 radical (unpaired) electrons. The second-order valence-electron chi connectivity index (χ2n) is 7.09. The minimum atomic E-state index is -0.600. The second kappa shape index (κ2) is 10.4. The normalized spacial score (nSPS) is 10.7. The van der Waals surface area contributed by atoms with Gasteiger partial charge in [-0.1, -0.05) is 47.1 Å². The number of benzene rings is 2. The number of aryl methyl sites for hydroxylation is 1. The average Bonchev–Trinajstić information content (AvgIpc) is 3.47. The molecule has 0 spiro atoms. The summed E-state index contributed by atoms with van der Waals surface area (Å²) in [7, 11) is 0. The van der Waals surface area contributed by atoms with E-state index in [0.717, 1.165) is 16.8 Å². The molecule has 4 rings (SSSR count). The number of hydrogen-bond acceptors (Lipinski definition) is 6. The highest BCUT2D eigenvalue weighted by molar-refractivity contribution is 7.99. The van der Waals surface area contributed by atoms with Crippen LogP contribution in [-0.2, 0) is 11.3 Å². The number of imide groups is 1. The minimum Gasteiger partial charge on any atom is -0.467 e. The first-order valence-electron chi connectivity index (χ1n) is 10.0. The maximum absolute atomic E-state index is 12.3. The van der Waals surface area contributed by atoms with Gasteiger partial charge >= 0.3 is 6.03 Å². The number of amides is 3. The van der Waals surface area contributed by atoms with E-state index < -0.39 is 11.9 Å². The quantitative estimate of drug-likeness (QED) is 0.374. The zero-order valence-corrected chi connectivity index (χ0v) is 19.2. The summed E-state index contributed by atoms with van der Waals surface area (Å²) >= 11 is 7.24. The van der Waals surface area contributed by atoms with Crippen LogP contribution < -0.4 is 10.6 Å². The molecule has 33 heavy (non-hydrogen) atoms. The van der Waals surface area contributed by atoms with Gasteiger partial charge in [0.1, 0.15) is 5.76 Å². The van der Waals surface area contributed by atoms with Gasteiger partial charge in [-0.2, -0.15) is 0 Å². The summed E-state index contributed by atoms with van der Waals surface area (Å²) in [6.45, 7) is 2.19. The SMILES string of the molecule is Cc1cccc(-c2nnc(SCC(=O)NC(=O)NCc3ccco3)n2-c2ccc(Cl)cc2)c1. The highest BCUT2D eigenvalue weighted by Crippen LogP contribution is 2.29. The fraction of sp³-hybridized carbons (Fsp3) is 0.130. The molecule has 2 aromatic carbocycles. The molecular formula is C23H20ClN5O3S. The lowest BCUT2D eigenvalue weighted by Crippen LogP contribution is -2.39. The Morgan fingerprint density at radius 3 is 2.64 bits per heavy atom. The van der Waals surface area contributed by atoms with Crippen LogP contribution in [0.2, 0.25) is 5.02 Å². The van der Waals surface area contributed by atoms with Crippen LogP contribution >= 0.6 is 23.4 Å². The molecule has 0 atom stereocenters. The van der Waals surface area contributed by atoms with Crippen molar-refractivity contribution < 1.29 is 14.0 Å². The Labute approximate surface area is 199 Å². The number of carbonyl (C=O) groups excluding carboxylic acids is 2. The van der Waals surface area contributed by atoms with E-state index in [1.807, 2.05) is 47.9 Å². The molecule has 0 saturated carbocycles. The van der Waals surface area contributed by atoms with E-state index in [4.69, 9.17) is 16.0 Å². The first-order chi connectivity index (χ1) is 16.0. The van der Waals surface area contributed by atoms with Crippen LogP contribution in [0.15, 0.2) is 76.5 Å². The summed E-state index contributed by atoms with van der Waals surface area (Å²) in [6.07, 6.45) is 1.51. The van der Waals surface area contributed by atoms with Crippen molar-refractivity contribution in [3.8, 4) is 17.1 Å². The van der Waals surface area contributed by atoms with Gasteiger partial charge in [0.2, 0.25) is 5.91 Å². The van der Waals surface area contributed by atoms with Crippen LogP contribution in [-0.4, -0.2) is 32.5 Å². The highest BCUT2D eigenvalue weighted by Gasteiger charge is 2.18. The number of halogens is 1. The molecule has 0 bridgehead atoms. The Morgan fingerprint density at radius 2 is 1.91 bits per heavy atom. The summed E-state index contributed by atoms with van der Waals surface area (Å²) in [4.78, 5) is 24.3. The van der Waals surface area contributed by atoms with Gasteiger partial charge in [0.05, 0.1) is 18.6 Å². The molecule has 2 heterocycles. The highest BCUT2D eigenvalue weighted by atomic mass is 35.5. The molecular weight excluding hydrogens is 462 g/mol. The number of hydrogen-bond donors (Lipinski definition) is 2. The molecule has 3 amide bonds. The third-order valence-electron chi connectivity index (χ3n) is 4.58. The van der Waals surface area contributed by atoms with Crippen molar-refractivity contribution in [2.75, 3.05) is 5.75 Å². The Bertz CT molecular complexity index is 1260. The lowest BCUT2D eigenvalue weighted by Gasteiger charge is -2.11. The van der Waals surface area contributed by atoms with Crippen LogP contribution in [0.25, 0.3) is 17.1 Å². The number of carbonyl (C=O) groups is 2. The van der Waals surface area contributed by atoms with Crippen LogP contribution in [0.4, 0.5) is 4.79 Å². The first-order valence-corrected chi connectivity index (χ1v) is 11.4. The summed E-state index contributed by atoms with van der Waals surface area (Å²) in [5.41, 5.74) is 2.79. The predicted octanol–water partition coefficient (Wildman–Crippen LogP) is 4.61. The molecule has 0 fully saturated rings. The third kappa shape index (κ3) is 5.82. The van der Waals surface area contributed by atoms with Gasteiger partial charge in [-0.3, -0.25) is 14.7 Å². The van der Waals surface area contributed by atoms with Crippen molar-refractivity contribution in [2.45, 2.75) is 18.6 Å². The molecule has 10 heteroatoms. The van der Waals surface area contributed by atoms with Gasteiger partial charge in [0, 0.05) is 16.3 Å². The number of aromatic nitrogens is 3. The maximum Gasteiger partial charge on any atom is 0.321 e. The number of urea groups is 1. The van der Waals surface area contributed by atoms with Crippen molar-refractivity contribution in [1.82, 2.24) is 25.4 Å². The van der Waals surface area contributed by atoms with Crippen molar-refractivity contribution in [3.05, 3.63) is 83.3 Å². The number of furan rings is 1. The molecule has 0 saturated heterocycles. The number of rotatable bonds is 7. The molecule has 2 aromatic heterocycles. The lowest BCUT2D eigenvalue weighted by molar-refractivity contribution is -0.117. The number of nitrogens with zero attached hydrogens (tertiary/aromatic N) is 3. The van der Waals surface area contributed by atoms with Crippen molar-refractivity contribution >= 4 is 35.3 Å². The number of thioether (sulfide) groups is 1. The van der Waals surface area contributed by atoms with E-state index >= 15 is 0 Å². The Kier molecular flexibility index (Phi) is 7.11. The van der Waals surface area contributed by atoms with Crippen LogP contribution in [0.1, 0.15) is 11.3 Å². The predicted molar refractivity (Wildman–Crippen MR) is 126 cm³/mol. The molecule has 0 aliphatic heterocycles. The van der Waals surface area contributed by atoms with E-state index in [2.05, 4.69) is 20.8 Å². The van der Waals surface area contributed by atoms with E-state index in [0.29, 0.717) is 21.8 Å². The molecule has 4 aromatic rings. The fourth-order valence-electron chi connectivity index (χ4n) is 3.08. The Balaban J connectivity index is 1.48. The fourth-order valence-corrected chi connectivity index (χ4v) is 3.95. The van der Waals surface area contributed by atoms with E-state index in [-0.39, 0.29) is 12.3 Å². The van der Waals surface area contributed by atoms with Gasteiger partial charge in [0.15, 0.2) is 11.0 Å². The topological polar surface area (TPSA) is 102 Å². The van der Waals surface area contributed by atoms with Gasteiger partial charge < -0.3 is 9.73 Å². The summed E-state index contributed by atoms with van der Waals surface area (Å²) in [6, 6.07) is 18.0. The standard InChI is InChI=1S/C23H20ClN5O3S/c1-15-4-2-5-16(12-15)21-27-28-23(29(21)18-9-7-17(24)8-10-18)33-14-20(30)26-22(31)25-13-19-6-3-11-32-19/h2-12H,13-14H2,1H3,(H2,25,26,30,31). The largest absolute Gasteiger partial charge is 0.467 e. The van der Waals surface area contributed by atoms with Crippen LogP contribution in [0.3, 0.4) is 0 Å². The van der Waals surface area contributed by atoms with Gasteiger partial charge in [-0.05, 0) is 49.4 Å². The van der Waals surface area contributed by atoms with Crippen molar-refractivity contribution in [2.24, 2.45) is 0 Å².